The van der Waals surface area contributed by atoms with Gasteiger partial charge in [-0.15, -0.1) is 0 Å². The molecule has 20 heavy (non-hydrogen) atoms. The summed E-state index contributed by atoms with van der Waals surface area (Å²) in [5, 5.41) is 0. The van der Waals surface area contributed by atoms with Crippen LogP contribution in [0.2, 0.25) is 0 Å². The molecule has 0 radical (unpaired) electrons. The summed E-state index contributed by atoms with van der Waals surface area (Å²) in [6.07, 6.45) is -21.3. The van der Waals surface area contributed by atoms with Gasteiger partial charge in [0.25, 0.3) is 6.17 Å². The smallest absolute Gasteiger partial charge is 0.339 e. The van der Waals surface area contributed by atoms with Crippen LogP contribution in [-0.2, 0) is 4.74 Å². The quantitative estimate of drug-likeness (QED) is 0.691. The van der Waals surface area contributed by atoms with E-state index in [1.165, 1.54) is 0 Å². The van der Waals surface area contributed by atoms with Crippen LogP contribution >= 0.6 is 0 Å². The Balaban J connectivity index is 4.81. The van der Waals surface area contributed by atoms with Gasteiger partial charge in [0.2, 0.25) is 6.36 Å². The molecule has 0 aromatic heterocycles. The Hall–Kier alpha value is -0.880. The van der Waals surface area contributed by atoms with Crippen molar-refractivity contribution in [3.8, 4) is 0 Å². The van der Waals surface area contributed by atoms with Crippen LogP contribution in [0.25, 0.3) is 0 Å². The molecule has 0 aliphatic heterocycles. The Labute approximate surface area is 102 Å². The molecule has 0 aliphatic rings. The van der Waals surface area contributed by atoms with Gasteiger partial charge in [-0.25, -0.2) is 8.78 Å². The van der Waals surface area contributed by atoms with Crippen LogP contribution in [0.3, 0.4) is 0 Å². The van der Waals surface area contributed by atoms with Crippen molar-refractivity contribution in [2.75, 3.05) is 6.61 Å². The number of hydrogen-bond acceptors (Lipinski definition) is 1. The lowest BCUT2D eigenvalue weighted by atomic mass is 10.2. The van der Waals surface area contributed by atoms with Gasteiger partial charge in [0.1, 0.15) is 6.61 Å². The minimum Gasteiger partial charge on any atom is -0.339 e. The van der Waals surface area contributed by atoms with Crippen molar-refractivity contribution >= 4 is 0 Å². The fraction of sp³-hybridized carbons (Fsp3) is 1.00. The Morgan fingerprint density at radius 1 is 0.750 bits per heavy atom. The zero-order valence-corrected chi connectivity index (χ0v) is 8.81. The van der Waals surface area contributed by atoms with Crippen LogP contribution in [0.5, 0.6) is 0 Å². The third-order valence-corrected chi connectivity index (χ3v) is 1.78. The van der Waals surface area contributed by atoms with E-state index in [4.69, 9.17) is 0 Å². The van der Waals surface area contributed by atoms with E-state index in [-0.39, 0.29) is 0 Å². The summed E-state index contributed by atoms with van der Waals surface area (Å²) >= 11 is 0. The minimum atomic E-state index is -6.76. The summed E-state index contributed by atoms with van der Waals surface area (Å²) in [5.41, 5.74) is 0. The summed E-state index contributed by atoms with van der Waals surface area (Å²) < 4.78 is 146. The first kappa shape index (κ1) is 19.1. The average Bonchev–Trinajstić information content (AvgIpc) is 2.21. The second kappa shape index (κ2) is 5.48. The van der Waals surface area contributed by atoms with E-state index < -0.39 is 43.3 Å². The zero-order valence-electron chi connectivity index (χ0n) is 8.81. The van der Waals surface area contributed by atoms with Crippen molar-refractivity contribution in [2.24, 2.45) is 0 Å². The number of halogens is 12. The molecule has 0 aromatic rings. The number of rotatable bonds is 5. The molecular weight excluding hydrogens is 328 g/mol. The van der Waals surface area contributed by atoms with Crippen molar-refractivity contribution < 1.29 is 57.4 Å². The number of alkyl halides is 12. The van der Waals surface area contributed by atoms with Gasteiger partial charge in [-0.05, 0) is 0 Å². The van der Waals surface area contributed by atoms with Crippen molar-refractivity contribution in [1.82, 2.24) is 0 Å². The topological polar surface area (TPSA) is 9.23 Å². The van der Waals surface area contributed by atoms with Gasteiger partial charge in [0.15, 0.2) is 0 Å². The van der Waals surface area contributed by atoms with Crippen LogP contribution < -0.4 is 0 Å². The van der Waals surface area contributed by atoms with Crippen molar-refractivity contribution in [2.45, 2.75) is 36.7 Å². The number of ether oxygens (including phenoxy) is 1. The highest BCUT2D eigenvalue weighted by Gasteiger charge is 2.73. The van der Waals surface area contributed by atoms with E-state index in [0.717, 1.165) is 0 Å². The summed E-state index contributed by atoms with van der Waals surface area (Å²) in [7, 11) is 0. The second-order valence-electron chi connectivity index (χ2n) is 3.38. The van der Waals surface area contributed by atoms with Crippen LogP contribution in [0.15, 0.2) is 0 Å². The van der Waals surface area contributed by atoms with E-state index in [0.29, 0.717) is 0 Å². The van der Waals surface area contributed by atoms with Gasteiger partial charge in [-0.1, -0.05) is 0 Å². The fourth-order valence-electron chi connectivity index (χ4n) is 0.715. The van der Waals surface area contributed by atoms with E-state index in [1.54, 1.807) is 0 Å². The molecule has 0 heterocycles. The molecule has 0 aromatic carbocycles. The molecule has 0 bridgehead atoms. The molecule has 2 unspecified atom stereocenters. The highest BCUT2D eigenvalue weighted by molar-refractivity contribution is 4.91. The first-order valence-corrected chi connectivity index (χ1v) is 4.33. The molecule has 0 saturated heterocycles. The predicted molar refractivity (Wildman–Crippen MR) is 37.7 cm³/mol. The van der Waals surface area contributed by atoms with Gasteiger partial charge in [-0.2, -0.15) is 43.9 Å². The Bertz CT molecular complexity index is 317. The van der Waals surface area contributed by atoms with E-state index >= 15 is 0 Å². The molecule has 13 heteroatoms. The van der Waals surface area contributed by atoms with Crippen LogP contribution in [0.4, 0.5) is 52.7 Å². The normalized spacial score (nSPS) is 18.0. The Kier molecular flexibility index (Phi) is 5.24. The molecule has 0 aliphatic carbocycles. The van der Waals surface area contributed by atoms with Gasteiger partial charge >= 0.3 is 24.2 Å². The maximum atomic E-state index is 12.5. The van der Waals surface area contributed by atoms with Gasteiger partial charge < -0.3 is 4.74 Å². The lowest BCUT2D eigenvalue weighted by molar-refractivity contribution is -0.367. The Morgan fingerprint density at radius 3 is 1.45 bits per heavy atom. The van der Waals surface area contributed by atoms with Crippen LogP contribution in [0.1, 0.15) is 0 Å². The Morgan fingerprint density at radius 2 is 1.15 bits per heavy atom. The second-order valence-corrected chi connectivity index (χ2v) is 3.38. The first-order valence-electron chi connectivity index (χ1n) is 4.33. The maximum Gasteiger partial charge on any atom is 0.459 e. The maximum absolute atomic E-state index is 12.5. The molecule has 0 rings (SSSR count). The van der Waals surface area contributed by atoms with Crippen LogP contribution in [0, 0.1) is 0 Å². The summed E-state index contributed by atoms with van der Waals surface area (Å²) in [6, 6.07) is 0. The highest BCUT2D eigenvalue weighted by atomic mass is 19.4. The van der Waals surface area contributed by atoms with E-state index in [9.17, 15) is 52.7 Å². The monoisotopic (exact) mass is 332 g/mol. The van der Waals surface area contributed by atoms with Crippen molar-refractivity contribution in [3.05, 3.63) is 0 Å². The molecule has 0 fully saturated rings. The third-order valence-electron chi connectivity index (χ3n) is 1.78. The fourth-order valence-corrected chi connectivity index (χ4v) is 0.715. The summed E-state index contributed by atoms with van der Waals surface area (Å²) in [5.74, 6) is -12.8. The van der Waals surface area contributed by atoms with E-state index in [2.05, 4.69) is 4.74 Å². The third kappa shape index (κ3) is 4.06. The van der Waals surface area contributed by atoms with Gasteiger partial charge in [-0.3, -0.25) is 0 Å². The summed E-state index contributed by atoms with van der Waals surface area (Å²) in [4.78, 5) is 0. The SMILES string of the molecule is FC(OCC(F)(F)C(F)(F)C(F)(F)F)C(F)C(F)(F)F. The lowest BCUT2D eigenvalue weighted by Crippen LogP contribution is -2.55. The molecule has 0 amide bonds. The number of hydrogen-bond donors (Lipinski definition) is 0. The van der Waals surface area contributed by atoms with E-state index in [1.807, 2.05) is 0 Å². The highest BCUT2D eigenvalue weighted by Crippen LogP contribution is 2.46. The molecule has 0 saturated carbocycles. The minimum absolute atomic E-state index is 2.78. The molecule has 0 spiro atoms. The average molecular weight is 332 g/mol. The van der Waals surface area contributed by atoms with Crippen molar-refractivity contribution in [1.29, 1.82) is 0 Å². The molecule has 122 valence electrons. The summed E-state index contributed by atoms with van der Waals surface area (Å²) in [6.45, 7) is -3.10. The molecule has 1 nitrogen and oxygen atoms in total. The lowest BCUT2D eigenvalue weighted by Gasteiger charge is -2.28. The largest absolute Gasteiger partial charge is 0.459 e. The first-order chi connectivity index (χ1) is 8.54. The van der Waals surface area contributed by atoms with Crippen LogP contribution in [-0.4, -0.2) is 43.3 Å². The standard InChI is InChI=1S/C7H4F12O/c8-2(5(12,13)14)3(9)20-1-4(10,11)6(15,16)7(17,18)19/h2-3H,1H2. The van der Waals surface area contributed by atoms with Crippen molar-refractivity contribution in [3.63, 3.8) is 0 Å². The zero-order chi connectivity index (χ0) is 16.6. The van der Waals surface area contributed by atoms with Gasteiger partial charge in [0.05, 0.1) is 0 Å². The molecule has 0 N–H and O–H groups in total. The molecular formula is C7H4F12O. The molecule has 2 atom stereocenters. The predicted octanol–water partition coefficient (Wildman–Crippen LogP) is 4.03. The van der Waals surface area contributed by atoms with Gasteiger partial charge in [0, 0.05) is 0 Å².